The molecule has 0 unspecified atom stereocenters. The number of hydrogen-bond acceptors (Lipinski definition) is 6. The number of aryl methyl sites for hydroxylation is 1. The maximum atomic E-state index is 12.9. The van der Waals surface area contributed by atoms with Crippen LogP contribution in [0.5, 0.6) is 5.75 Å². The van der Waals surface area contributed by atoms with Crippen molar-refractivity contribution < 1.29 is 13.9 Å². The fraction of sp³-hybridized carbons (Fsp3) is 0.308. The van der Waals surface area contributed by atoms with Crippen LogP contribution in [0.3, 0.4) is 0 Å². The summed E-state index contributed by atoms with van der Waals surface area (Å²) in [5.41, 5.74) is 4.95. The van der Waals surface area contributed by atoms with Gasteiger partial charge in [0, 0.05) is 36.7 Å². The molecule has 5 rings (SSSR count). The van der Waals surface area contributed by atoms with Gasteiger partial charge in [0.25, 0.3) is 11.8 Å². The molecule has 3 heterocycles. The van der Waals surface area contributed by atoms with Crippen molar-refractivity contribution in [3.8, 4) is 34.3 Å². The Hall–Kier alpha value is -3.94. The minimum absolute atomic E-state index is 0.0836. The van der Waals surface area contributed by atoms with E-state index < -0.39 is 0 Å². The van der Waals surface area contributed by atoms with Crippen molar-refractivity contribution in [2.24, 2.45) is 0 Å². The highest BCUT2D eigenvalue weighted by atomic mass is 16.5. The molecule has 1 amide bonds. The van der Waals surface area contributed by atoms with Gasteiger partial charge < -0.3 is 14.1 Å². The van der Waals surface area contributed by atoms with Crippen LogP contribution in [-0.2, 0) is 0 Å². The molecule has 8 nitrogen and oxygen atoms in total. The van der Waals surface area contributed by atoms with Gasteiger partial charge in [0.1, 0.15) is 5.75 Å². The zero-order chi connectivity index (χ0) is 23.7. The lowest BCUT2D eigenvalue weighted by molar-refractivity contribution is 0.0724. The Bertz CT molecular complexity index is 1300. The molecule has 174 valence electrons. The van der Waals surface area contributed by atoms with Crippen LogP contribution in [-0.4, -0.2) is 51.0 Å². The van der Waals surface area contributed by atoms with Crippen molar-refractivity contribution in [2.75, 3.05) is 20.2 Å². The number of carbonyl (C=O) groups is 1. The van der Waals surface area contributed by atoms with E-state index in [1.54, 1.807) is 14.0 Å². The molecule has 0 aliphatic carbocycles. The van der Waals surface area contributed by atoms with Gasteiger partial charge in [-0.05, 0) is 74.7 Å². The summed E-state index contributed by atoms with van der Waals surface area (Å²) in [6.45, 7) is 5.40. The van der Waals surface area contributed by atoms with Gasteiger partial charge in [0.2, 0.25) is 5.89 Å². The summed E-state index contributed by atoms with van der Waals surface area (Å²) in [7, 11) is 1.65. The van der Waals surface area contributed by atoms with Crippen molar-refractivity contribution in [1.29, 1.82) is 0 Å². The lowest BCUT2D eigenvalue weighted by atomic mass is 10.1. The van der Waals surface area contributed by atoms with Crippen molar-refractivity contribution in [2.45, 2.75) is 33.1 Å². The van der Waals surface area contributed by atoms with E-state index >= 15 is 0 Å². The number of ether oxygens (including phenoxy) is 1. The molecule has 0 radical (unpaired) electrons. The van der Waals surface area contributed by atoms with Crippen LogP contribution < -0.4 is 4.74 Å². The van der Waals surface area contributed by atoms with Crippen molar-refractivity contribution in [3.63, 3.8) is 0 Å². The maximum Gasteiger partial charge on any atom is 0.268 e. The summed E-state index contributed by atoms with van der Waals surface area (Å²) in [5.74, 6) is 1.72. The first kappa shape index (κ1) is 21.9. The zero-order valence-corrected chi connectivity index (χ0v) is 19.6. The molecule has 8 heteroatoms. The van der Waals surface area contributed by atoms with Crippen molar-refractivity contribution in [3.05, 3.63) is 65.5 Å². The van der Waals surface area contributed by atoms with Gasteiger partial charge in [-0.15, -0.1) is 10.2 Å². The third-order valence-electron chi connectivity index (χ3n) is 6.22. The number of carbonyl (C=O) groups excluding carboxylic acids is 1. The monoisotopic (exact) mass is 457 g/mol. The standard InChI is InChI=1S/C26H27N5O3/c1-17-23(25-28-27-18(2)34-25)29-31(24(17)19-9-13-22(33-3)14-10-19)21-11-7-20(8-12-21)26(32)30-15-5-4-6-16-30/h7-14H,4-6,15-16H2,1-3H3. The summed E-state index contributed by atoms with van der Waals surface area (Å²) in [6, 6.07) is 15.4. The largest absolute Gasteiger partial charge is 0.497 e. The van der Waals surface area contributed by atoms with Crippen LogP contribution in [0.4, 0.5) is 0 Å². The van der Waals surface area contributed by atoms with Crippen LogP contribution in [0.25, 0.3) is 28.5 Å². The smallest absolute Gasteiger partial charge is 0.268 e. The molecule has 0 atom stereocenters. The molecule has 2 aromatic heterocycles. The van der Waals surface area contributed by atoms with Crippen LogP contribution >= 0.6 is 0 Å². The molecular formula is C26H27N5O3. The first-order valence-electron chi connectivity index (χ1n) is 11.5. The second-order valence-electron chi connectivity index (χ2n) is 8.49. The molecule has 0 saturated carbocycles. The molecule has 0 bridgehead atoms. The van der Waals surface area contributed by atoms with Crippen molar-refractivity contribution in [1.82, 2.24) is 24.9 Å². The number of nitrogens with zero attached hydrogens (tertiary/aromatic N) is 5. The third-order valence-corrected chi connectivity index (χ3v) is 6.22. The number of aromatic nitrogens is 4. The van der Waals surface area contributed by atoms with E-state index in [-0.39, 0.29) is 5.91 Å². The topological polar surface area (TPSA) is 86.3 Å². The highest BCUT2D eigenvalue weighted by molar-refractivity contribution is 5.94. The molecular weight excluding hydrogens is 430 g/mol. The molecule has 4 aromatic rings. The van der Waals surface area contributed by atoms with E-state index in [1.807, 2.05) is 65.0 Å². The Labute approximate surface area is 198 Å². The molecule has 1 saturated heterocycles. The van der Waals surface area contributed by atoms with E-state index in [2.05, 4.69) is 10.2 Å². The SMILES string of the molecule is COc1ccc(-c2c(C)c(-c3nnc(C)o3)nn2-c2ccc(C(=O)N3CCCCC3)cc2)cc1. The highest BCUT2D eigenvalue weighted by Crippen LogP contribution is 2.34. The molecule has 1 fully saturated rings. The number of likely N-dealkylation sites (tertiary alicyclic amines) is 1. The molecule has 2 aromatic carbocycles. The van der Waals surface area contributed by atoms with Gasteiger partial charge in [-0.1, -0.05) is 0 Å². The lowest BCUT2D eigenvalue weighted by Crippen LogP contribution is -2.35. The first-order chi connectivity index (χ1) is 16.5. The molecule has 0 spiro atoms. The highest BCUT2D eigenvalue weighted by Gasteiger charge is 2.23. The average molecular weight is 458 g/mol. The predicted octanol–water partition coefficient (Wildman–Crippen LogP) is 4.84. The van der Waals surface area contributed by atoms with Gasteiger partial charge in [-0.25, -0.2) is 4.68 Å². The van der Waals surface area contributed by atoms with Crippen molar-refractivity contribution >= 4 is 5.91 Å². The first-order valence-corrected chi connectivity index (χ1v) is 11.5. The van der Waals surface area contributed by atoms with Gasteiger partial charge in [0.15, 0.2) is 5.69 Å². The molecule has 1 aliphatic rings. The average Bonchev–Trinajstić information content (AvgIpc) is 3.47. The Morgan fingerprint density at radius 2 is 1.65 bits per heavy atom. The summed E-state index contributed by atoms with van der Waals surface area (Å²) in [6.07, 6.45) is 3.33. The van der Waals surface area contributed by atoms with Crippen LogP contribution in [0.15, 0.2) is 52.9 Å². The summed E-state index contributed by atoms with van der Waals surface area (Å²) < 4.78 is 12.9. The second-order valence-corrected chi connectivity index (χ2v) is 8.49. The molecule has 34 heavy (non-hydrogen) atoms. The number of benzene rings is 2. The number of amides is 1. The van der Waals surface area contributed by atoms with Gasteiger partial charge in [0.05, 0.1) is 18.5 Å². The van der Waals surface area contributed by atoms with E-state index in [1.165, 1.54) is 6.42 Å². The lowest BCUT2D eigenvalue weighted by Gasteiger charge is -2.26. The molecule has 1 aliphatic heterocycles. The third kappa shape index (κ3) is 4.07. The van der Waals surface area contributed by atoms with Crippen LogP contribution in [0.1, 0.15) is 41.1 Å². The Kier molecular flexibility index (Phi) is 5.88. The maximum absolute atomic E-state index is 12.9. The summed E-state index contributed by atoms with van der Waals surface area (Å²) in [4.78, 5) is 14.8. The fourth-order valence-corrected chi connectivity index (χ4v) is 4.39. The van der Waals surface area contributed by atoms with Gasteiger partial charge >= 0.3 is 0 Å². The Balaban J connectivity index is 1.56. The Morgan fingerprint density at radius 1 is 0.941 bits per heavy atom. The van der Waals surface area contributed by atoms with E-state index in [0.29, 0.717) is 23.0 Å². The Morgan fingerprint density at radius 3 is 2.26 bits per heavy atom. The summed E-state index contributed by atoms with van der Waals surface area (Å²) >= 11 is 0. The zero-order valence-electron chi connectivity index (χ0n) is 19.6. The number of piperidine rings is 1. The van der Waals surface area contributed by atoms with E-state index in [0.717, 1.165) is 54.2 Å². The normalized spacial score (nSPS) is 13.8. The number of rotatable bonds is 5. The number of methoxy groups -OCH3 is 1. The van der Waals surface area contributed by atoms with E-state index in [4.69, 9.17) is 14.3 Å². The van der Waals surface area contributed by atoms with Crippen LogP contribution in [0, 0.1) is 13.8 Å². The quantitative estimate of drug-likeness (QED) is 0.426. The minimum atomic E-state index is 0.0836. The van der Waals surface area contributed by atoms with Gasteiger partial charge in [-0.2, -0.15) is 5.10 Å². The summed E-state index contributed by atoms with van der Waals surface area (Å²) in [5, 5.41) is 13.0. The van der Waals surface area contributed by atoms with E-state index in [9.17, 15) is 4.79 Å². The molecule has 0 N–H and O–H groups in total. The van der Waals surface area contributed by atoms with Gasteiger partial charge in [-0.3, -0.25) is 4.79 Å². The van der Waals surface area contributed by atoms with Crippen LogP contribution in [0.2, 0.25) is 0 Å². The predicted molar refractivity (Wildman–Crippen MR) is 128 cm³/mol. The minimum Gasteiger partial charge on any atom is -0.497 e. The second kappa shape index (κ2) is 9.13. The number of hydrogen-bond donors (Lipinski definition) is 0. The fourth-order valence-electron chi connectivity index (χ4n) is 4.39.